The van der Waals surface area contributed by atoms with E-state index in [4.69, 9.17) is 11.6 Å². The molecule has 0 aliphatic carbocycles. The molecule has 0 aliphatic heterocycles. The summed E-state index contributed by atoms with van der Waals surface area (Å²) in [5, 5.41) is 4.89. The molecule has 0 amide bonds. The molecule has 0 radical (unpaired) electrons. The second kappa shape index (κ2) is 4.35. The summed E-state index contributed by atoms with van der Waals surface area (Å²) in [5.74, 6) is -0.588. The number of carbonyl (C=O) groups is 1. The van der Waals surface area contributed by atoms with Gasteiger partial charge >= 0.3 is 5.97 Å². The Bertz CT molecular complexity index is 910. The quantitative estimate of drug-likeness (QED) is 0.639. The first-order valence-corrected chi connectivity index (χ1v) is 6.17. The molecule has 0 spiro atoms. The molecule has 0 fully saturated rings. The molecule has 102 valence electrons. The van der Waals surface area contributed by atoms with Gasteiger partial charge in [0.15, 0.2) is 5.69 Å². The van der Waals surface area contributed by atoms with Crippen LogP contribution in [0, 0.1) is 0 Å². The number of fused-ring (bicyclic) bond motifs is 2. The van der Waals surface area contributed by atoms with Crippen molar-refractivity contribution < 1.29 is 9.53 Å². The first-order valence-electron chi connectivity index (χ1n) is 5.79. The summed E-state index contributed by atoms with van der Waals surface area (Å²) in [7, 11) is 3.05. The van der Waals surface area contributed by atoms with Crippen LogP contribution in [0.4, 0.5) is 0 Å². The lowest BCUT2D eigenvalue weighted by molar-refractivity contribution is 0.0593. The zero-order valence-electron chi connectivity index (χ0n) is 10.8. The van der Waals surface area contributed by atoms with Crippen LogP contribution in [0.25, 0.3) is 16.6 Å². The van der Waals surface area contributed by atoms with Crippen molar-refractivity contribution in [3.8, 4) is 0 Å². The highest BCUT2D eigenvalue weighted by atomic mass is 35.5. The average Bonchev–Trinajstić information content (AvgIpc) is 2.89. The smallest absolute Gasteiger partial charge is 0.358 e. The van der Waals surface area contributed by atoms with Gasteiger partial charge in [0, 0.05) is 18.1 Å². The SMILES string of the molecule is COC(=O)c1cc2n(C)c3ccc(Cl)cc3c(=O)n2n1. The molecular weight excluding hydrogens is 282 g/mol. The molecular formula is C13H10ClN3O3. The lowest BCUT2D eigenvalue weighted by Gasteiger charge is -2.07. The first-order chi connectivity index (χ1) is 9.52. The zero-order valence-corrected chi connectivity index (χ0v) is 11.5. The van der Waals surface area contributed by atoms with E-state index in [2.05, 4.69) is 9.84 Å². The molecule has 0 unspecified atom stereocenters. The van der Waals surface area contributed by atoms with Gasteiger partial charge in [-0.05, 0) is 18.2 Å². The van der Waals surface area contributed by atoms with E-state index >= 15 is 0 Å². The third-order valence-electron chi connectivity index (χ3n) is 3.17. The maximum absolute atomic E-state index is 12.4. The maximum atomic E-state index is 12.4. The van der Waals surface area contributed by atoms with E-state index in [9.17, 15) is 9.59 Å². The Kier molecular flexibility index (Phi) is 2.76. The molecule has 3 aromatic rings. The summed E-state index contributed by atoms with van der Waals surface area (Å²) in [6.45, 7) is 0. The summed E-state index contributed by atoms with van der Waals surface area (Å²) in [5.41, 5.74) is 0.973. The summed E-state index contributed by atoms with van der Waals surface area (Å²) < 4.78 is 7.56. The largest absolute Gasteiger partial charge is 0.464 e. The van der Waals surface area contributed by atoms with Crippen LogP contribution in [0.15, 0.2) is 29.1 Å². The number of rotatable bonds is 1. The predicted molar refractivity (Wildman–Crippen MR) is 74.3 cm³/mol. The second-order valence-corrected chi connectivity index (χ2v) is 4.75. The van der Waals surface area contributed by atoms with Crippen LogP contribution in [0.2, 0.25) is 5.02 Å². The average molecular weight is 292 g/mol. The number of halogens is 1. The van der Waals surface area contributed by atoms with Crippen molar-refractivity contribution in [2.24, 2.45) is 7.05 Å². The maximum Gasteiger partial charge on any atom is 0.358 e. The Hall–Kier alpha value is -2.34. The Labute approximate surface area is 118 Å². The van der Waals surface area contributed by atoms with E-state index < -0.39 is 5.97 Å². The number of benzene rings is 1. The third kappa shape index (κ3) is 1.69. The van der Waals surface area contributed by atoms with Crippen molar-refractivity contribution in [1.82, 2.24) is 14.2 Å². The second-order valence-electron chi connectivity index (χ2n) is 4.32. The number of ether oxygens (including phenoxy) is 1. The van der Waals surface area contributed by atoms with Crippen LogP contribution in [-0.2, 0) is 11.8 Å². The summed E-state index contributed by atoms with van der Waals surface area (Å²) in [4.78, 5) is 23.9. The van der Waals surface area contributed by atoms with Crippen molar-refractivity contribution in [1.29, 1.82) is 0 Å². The zero-order chi connectivity index (χ0) is 14.4. The number of esters is 1. The van der Waals surface area contributed by atoms with Gasteiger partial charge in [0.25, 0.3) is 5.56 Å². The minimum atomic E-state index is -0.588. The normalized spacial score (nSPS) is 11.2. The summed E-state index contributed by atoms with van der Waals surface area (Å²) >= 11 is 5.92. The Morgan fingerprint density at radius 2 is 2.10 bits per heavy atom. The molecule has 7 heteroatoms. The molecule has 0 bridgehead atoms. The topological polar surface area (TPSA) is 65.6 Å². The van der Waals surface area contributed by atoms with Crippen LogP contribution < -0.4 is 5.56 Å². The number of nitrogens with zero attached hydrogens (tertiary/aromatic N) is 3. The predicted octanol–water partition coefficient (Wildman–Crippen LogP) is 1.63. The van der Waals surface area contributed by atoms with Crippen molar-refractivity contribution in [2.75, 3.05) is 7.11 Å². The van der Waals surface area contributed by atoms with Crippen molar-refractivity contribution in [3.05, 3.63) is 45.3 Å². The van der Waals surface area contributed by atoms with E-state index in [1.807, 2.05) is 0 Å². The molecule has 2 aromatic heterocycles. The molecule has 3 rings (SSSR count). The van der Waals surface area contributed by atoms with E-state index in [0.717, 1.165) is 0 Å². The number of methoxy groups -OCH3 is 1. The number of hydrogen-bond acceptors (Lipinski definition) is 4. The highest BCUT2D eigenvalue weighted by Gasteiger charge is 2.16. The first kappa shape index (κ1) is 12.7. The monoisotopic (exact) mass is 291 g/mol. The van der Waals surface area contributed by atoms with Gasteiger partial charge in [-0.25, -0.2) is 4.79 Å². The Balaban J connectivity index is 2.48. The molecule has 0 saturated heterocycles. The molecule has 0 saturated carbocycles. The van der Waals surface area contributed by atoms with Crippen LogP contribution in [0.3, 0.4) is 0 Å². The third-order valence-corrected chi connectivity index (χ3v) is 3.41. The van der Waals surface area contributed by atoms with Gasteiger partial charge < -0.3 is 9.30 Å². The Morgan fingerprint density at radius 1 is 1.35 bits per heavy atom. The fourth-order valence-corrected chi connectivity index (χ4v) is 2.35. The van der Waals surface area contributed by atoms with Gasteiger partial charge in [-0.3, -0.25) is 4.79 Å². The molecule has 20 heavy (non-hydrogen) atoms. The minimum absolute atomic E-state index is 0.0848. The number of hydrogen-bond donors (Lipinski definition) is 0. The van der Waals surface area contributed by atoms with Gasteiger partial charge in [0.1, 0.15) is 5.65 Å². The van der Waals surface area contributed by atoms with Crippen molar-refractivity contribution >= 4 is 34.1 Å². The minimum Gasteiger partial charge on any atom is -0.464 e. The van der Waals surface area contributed by atoms with Gasteiger partial charge in [0.05, 0.1) is 18.0 Å². The number of aryl methyl sites for hydroxylation is 1. The van der Waals surface area contributed by atoms with Gasteiger partial charge in [-0.1, -0.05) is 11.6 Å². The number of carbonyl (C=O) groups excluding carboxylic acids is 1. The molecule has 6 nitrogen and oxygen atoms in total. The van der Waals surface area contributed by atoms with Crippen LogP contribution in [0.1, 0.15) is 10.5 Å². The Morgan fingerprint density at radius 3 is 2.80 bits per heavy atom. The lowest BCUT2D eigenvalue weighted by atomic mass is 10.2. The number of aromatic nitrogens is 3. The van der Waals surface area contributed by atoms with E-state index in [1.54, 1.807) is 29.8 Å². The molecule has 0 aliphatic rings. The molecule has 0 N–H and O–H groups in total. The highest BCUT2D eigenvalue weighted by molar-refractivity contribution is 6.31. The van der Waals surface area contributed by atoms with Gasteiger partial charge in [0.2, 0.25) is 0 Å². The van der Waals surface area contributed by atoms with Gasteiger partial charge in [-0.2, -0.15) is 9.61 Å². The van der Waals surface area contributed by atoms with Crippen molar-refractivity contribution in [3.63, 3.8) is 0 Å². The van der Waals surface area contributed by atoms with Crippen LogP contribution in [-0.4, -0.2) is 27.3 Å². The van der Waals surface area contributed by atoms with E-state index in [1.165, 1.54) is 17.7 Å². The van der Waals surface area contributed by atoms with E-state index in [-0.39, 0.29) is 11.3 Å². The standard InChI is InChI=1S/C13H10ClN3O3/c1-16-10-4-3-7(14)5-8(10)12(18)17-11(16)6-9(15-17)13(19)20-2/h3-6H,1-2H3. The highest BCUT2D eigenvalue weighted by Crippen LogP contribution is 2.18. The van der Waals surface area contributed by atoms with Crippen molar-refractivity contribution in [2.45, 2.75) is 0 Å². The van der Waals surface area contributed by atoms with Gasteiger partial charge in [-0.15, -0.1) is 0 Å². The van der Waals surface area contributed by atoms with Crippen LogP contribution in [0.5, 0.6) is 0 Å². The lowest BCUT2D eigenvalue weighted by Crippen LogP contribution is -2.18. The van der Waals surface area contributed by atoms with Crippen LogP contribution >= 0.6 is 11.6 Å². The fraction of sp³-hybridized carbons (Fsp3) is 0.154. The molecule has 1 aromatic carbocycles. The molecule has 0 atom stereocenters. The molecule has 2 heterocycles. The van der Waals surface area contributed by atoms with E-state index in [0.29, 0.717) is 21.6 Å². The summed E-state index contributed by atoms with van der Waals surface area (Å²) in [6, 6.07) is 6.56. The fourth-order valence-electron chi connectivity index (χ4n) is 2.17. The summed E-state index contributed by atoms with van der Waals surface area (Å²) in [6.07, 6.45) is 0.